The van der Waals surface area contributed by atoms with Gasteiger partial charge in [-0.15, -0.1) is 0 Å². The summed E-state index contributed by atoms with van der Waals surface area (Å²) >= 11 is 3.36. The van der Waals surface area contributed by atoms with Gasteiger partial charge in [0.2, 0.25) is 0 Å². The van der Waals surface area contributed by atoms with Gasteiger partial charge in [0.05, 0.1) is 0 Å². The first kappa shape index (κ1) is 13.9. The molecule has 0 saturated carbocycles. The monoisotopic (exact) mass is 332 g/mol. The lowest BCUT2D eigenvalue weighted by atomic mass is 9.99. The molecule has 0 aromatic heterocycles. The fourth-order valence-electron chi connectivity index (χ4n) is 2.36. The molecule has 20 heavy (non-hydrogen) atoms. The highest BCUT2D eigenvalue weighted by Crippen LogP contribution is 2.25. The summed E-state index contributed by atoms with van der Waals surface area (Å²) in [6.45, 7) is 0. The predicted molar refractivity (Wildman–Crippen MR) is 91.6 cm³/mol. The highest BCUT2D eigenvalue weighted by atomic mass is 79.9. The molecule has 0 aliphatic carbocycles. The van der Waals surface area contributed by atoms with Crippen molar-refractivity contribution in [2.75, 3.05) is 0 Å². The smallest absolute Gasteiger partial charge is 0.296 e. The number of halogens is 1. The van der Waals surface area contributed by atoms with Crippen LogP contribution in [-0.2, 0) is 0 Å². The van der Waals surface area contributed by atoms with Crippen LogP contribution in [0.3, 0.4) is 0 Å². The summed E-state index contributed by atoms with van der Waals surface area (Å²) in [6, 6.07) is 28.1. The predicted octanol–water partition coefficient (Wildman–Crippen LogP) is 4.66. The van der Waals surface area contributed by atoms with E-state index in [0.717, 1.165) is 0 Å². The molecule has 3 aromatic carbocycles. The average molecular weight is 334 g/mol. The van der Waals surface area contributed by atoms with Gasteiger partial charge in [0.25, 0.3) is 0 Å². The quantitative estimate of drug-likeness (QED) is 0.612. The van der Waals surface area contributed by atoms with E-state index in [-0.39, 0.29) is 18.2 Å². The molecule has 0 fully saturated rings. The van der Waals surface area contributed by atoms with Crippen molar-refractivity contribution in [2.45, 2.75) is 0 Å². The first-order valence-corrected chi connectivity index (χ1v) is 11.3. The molecule has 2 heteroatoms. The maximum atomic E-state index is 3.71. The lowest BCUT2D eigenvalue weighted by Gasteiger charge is -2.09. The molecule has 0 nitrogen and oxygen atoms in total. The Hall–Kier alpha value is -1.09. The minimum atomic E-state index is -0.349. The minimum Gasteiger partial charge on any atom is -0.296 e. The molecule has 0 N–H and O–H groups in total. The topological polar surface area (TPSA) is 0 Å². The second-order valence-electron chi connectivity index (χ2n) is 4.78. The second-order valence-corrected chi connectivity index (χ2v) is 7.55. The van der Waals surface area contributed by atoms with Crippen molar-refractivity contribution in [2.24, 2.45) is 0 Å². The van der Waals surface area contributed by atoms with E-state index in [1.165, 1.54) is 25.9 Å². The molecule has 0 heterocycles. The third-order valence-corrected chi connectivity index (χ3v) is 6.02. The third-order valence-electron chi connectivity index (χ3n) is 3.36. The molecule has 3 aromatic rings. The van der Waals surface area contributed by atoms with E-state index in [0.29, 0.717) is 0 Å². The highest BCUT2D eigenvalue weighted by molar-refractivity contribution is 9.23. The summed E-state index contributed by atoms with van der Waals surface area (Å²) in [4.78, 5) is 0. The molecule has 94 valence electrons. The van der Waals surface area contributed by atoms with Crippen molar-refractivity contribution in [3.63, 3.8) is 0 Å². The number of hydrogen-bond donors (Lipinski definition) is 0. The number of benzene rings is 3. The van der Waals surface area contributed by atoms with Crippen LogP contribution in [0.2, 0.25) is 0 Å². The minimum absolute atomic E-state index is 0.349. The van der Waals surface area contributed by atoms with Gasteiger partial charge >= 0.3 is 18.2 Å². The Labute approximate surface area is 135 Å². The van der Waals surface area contributed by atoms with E-state index in [4.69, 9.17) is 0 Å². The van der Waals surface area contributed by atoms with E-state index in [1.54, 1.807) is 0 Å². The zero-order valence-corrected chi connectivity index (χ0v) is 14.1. The number of hydrogen-bond acceptors (Lipinski definition) is 0. The molecule has 0 saturated heterocycles. The zero-order valence-electron chi connectivity index (χ0n) is 11.1. The van der Waals surface area contributed by atoms with E-state index in [1.807, 2.05) is 0 Å². The van der Waals surface area contributed by atoms with Crippen LogP contribution in [0, 0.1) is 0 Å². The molecule has 0 spiro atoms. The van der Waals surface area contributed by atoms with Crippen molar-refractivity contribution < 1.29 is 0 Å². The lowest BCUT2D eigenvalue weighted by molar-refractivity contribution is 1.60. The van der Waals surface area contributed by atoms with Gasteiger partial charge in [-0.25, -0.2) is 0 Å². The van der Waals surface area contributed by atoms with Crippen LogP contribution >= 0.6 is 12.9 Å². The zero-order chi connectivity index (χ0) is 13.8. The van der Waals surface area contributed by atoms with E-state index < -0.39 is 0 Å². The lowest BCUT2D eigenvalue weighted by Crippen LogP contribution is -2.08. The van der Waals surface area contributed by atoms with Crippen LogP contribution in [0.4, 0.5) is 0 Å². The summed E-state index contributed by atoms with van der Waals surface area (Å²) in [6.07, 6.45) is 0. The summed E-state index contributed by atoms with van der Waals surface area (Å²) in [7, 11) is 0. The molecule has 0 unspecified atom stereocenters. The Morgan fingerprint density at radius 2 is 1.00 bits per heavy atom. The molecular weight excluding hydrogens is 320 g/mol. The normalized spacial score (nSPS) is 10.1. The largest absolute Gasteiger partial charge is 0.506 e. The van der Waals surface area contributed by atoms with Gasteiger partial charge in [-0.05, 0) is 28.3 Å². The van der Waals surface area contributed by atoms with Crippen LogP contribution in [-0.4, -0.2) is 18.2 Å². The molecule has 0 amide bonds. The van der Waals surface area contributed by atoms with Crippen LogP contribution in [0.25, 0.3) is 22.3 Å². The fraction of sp³-hybridized carbons (Fsp3) is 0. The van der Waals surface area contributed by atoms with Gasteiger partial charge in [-0.2, -0.15) is 3.69 Å². The van der Waals surface area contributed by atoms with Gasteiger partial charge in [0.15, 0.2) is 0 Å². The van der Waals surface area contributed by atoms with Crippen LogP contribution < -0.4 is 3.69 Å². The highest BCUT2D eigenvalue weighted by Gasteiger charge is 2.05. The second kappa shape index (κ2) is 6.57. The Kier molecular flexibility index (Phi) is 4.56. The van der Waals surface area contributed by atoms with E-state index in [9.17, 15) is 0 Å². The van der Waals surface area contributed by atoms with Gasteiger partial charge in [-0.3, -0.25) is 12.9 Å². The standard InChI is InChI=1S/C18H13.BrH.Mg/c1-3-8-15(9-4-1)17-12-7-13-18(14-17)16-10-5-2-6-11-16;;/h1-6,8-14H;1H;/q;;+1/p-1. The SMILES string of the molecule is [Br][Mg][c]1cc(-c2ccccc2)cc(-c2ccccc2)c1. The molecule has 3 rings (SSSR count). The summed E-state index contributed by atoms with van der Waals surface area (Å²) in [5.74, 6) is 0. The molecule has 0 aliphatic rings. The Bertz CT molecular complexity index is 635. The summed E-state index contributed by atoms with van der Waals surface area (Å²) in [5.41, 5.74) is 5.16. The van der Waals surface area contributed by atoms with Crippen molar-refractivity contribution in [1.29, 1.82) is 0 Å². The van der Waals surface area contributed by atoms with Crippen molar-refractivity contribution >= 4 is 34.8 Å². The molecule has 0 aliphatic heterocycles. The Morgan fingerprint density at radius 1 is 0.550 bits per heavy atom. The van der Waals surface area contributed by atoms with Crippen LogP contribution in [0.5, 0.6) is 0 Å². The summed E-state index contributed by atoms with van der Waals surface area (Å²) < 4.78 is 1.44. The maximum absolute atomic E-state index is 3.71. The van der Waals surface area contributed by atoms with Crippen LogP contribution in [0.1, 0.15) is 0 Å². The van der Waals surface area contributed by atoms with Crippen molar-refractivity contribution in [3.8, 4) is 22.3 Å². The van der Waals surface area contributed by atoms with Crippen LogP contribution in [0.15, 0.2) is 78.9 Å². The van der Waals surface area contributed by atoms with Crippen molar-refractivity contribution in [1.82, 2.24) is 0 Å². The molecular formula is C18H13BrMg. The summed E-state index contributed by atoms with van der Waals surface area (Å²) in [5, 5.41) is 0. The van der Waals surface area contributed by atoms with Gasteiger partial charge in [-0.1, -0.05) is 72.8 Å². The van der Waals surface area contributed by atoms with E-state index >= 15 is 0 Å². The van der Waals surface area contributed by atoms with Crippen molar-refractivity contribution in [3.05, 3.63) is 78.9 Å². The maximum Gasteiger partial charge on any atom is 0.506 e. The van der Waals surface area contributed by atoms with E-state index in [2.05, 4.69) is 91.7 Å². The third kappa shape index (κ3) is 3.14. The Morgan fingerprint density at radius 3 is 1.40 bits per heavy atom. The Balaban J connectivity index is 2.13. The average Bonchev–Trinajstić information content (AvgIpc) is 2.56. The first-order chi connectivity index (χ1) is 9.86. The van der Waals surface area contributed by atoms with Gasteiger partial charge in [0, 0.05) is 0 Å². The first-order valence-electron chi connectivity index (χ1n) is 6.67. The molecule has 0 bridgehead atoms. The van der Waals surface area contributed by atoms with Gasteiger partial charge < -0.3 is 0 Å². The molecule has 0 radical (unpaired) electrons. The fourth-order valence-corrected chi connectivity index (χ4v) is 3.93. The number of rotatable bonds is 3. The molecule has 0 atom stereocenters. The van der Waals surface area contributed by atoms with Gasteiger partial charge in [0.1, 0.15) is 0 Å².